The molecule has 1 saturated heterocycles. The number of pyridine rings is 1. The summed E-state index contributed by atoms with van der Waals surface area (Å²) in [6, 6.07) is 12.3. The molecule has 0 radical (unpaired) electrons. The minimum Gasteiger partial charge on any atom is -0.326 e. The monoisotopic (exact) mass is 360 g/mol. The number of hydrogen-bond donors (Lipinski definition) is 1. The molecule has 24 heavy (non-hydrogen) atoms. The first-order chi connectivity index (χ1) is 11.6. The van der Waals surface area contributed by atoms with Crippen LogP contribution in [0.15, 0.2) is 48.8 Å². The molecule has 6 heteroatoms. The van der Waals surface area contributed by atoms with Gasteiger partial charge in [0.25, 0.3) is 0 Å². The van der Waals surface area contributed by atoms with E-state index in [0.717, 1.165) is 31.0 Å². The van der Waals surface area contributed by atoms with Crippen molar-refractivity contribution in [1.29, 1.82) is 0 Å². The van der Waals surface area contributed by atoms with E-state index in [4.69, 9.17) is 28.9 Å². The molecule has 124 valence electrons. The molecule has 1 aromatic carbocycles. The molecule has 1 aliphatic rings. The molecule has 0 saturated carbocycles. The molecule has 1 aliphatic heterocycles. The number of hydrogen-bond acceptors (Lipinski definition) is 3. The van der Waals surface area contributed by atoms with Gasteiger partial charge in [0.2, 0.25) is 0 Å². The number of benzene rings is 1. The summed E-state index contributed by atoms with van der Waals surface area (Å²) in [4.78, 5) is 6.98. The molecule has 0 spiro atoms. The lowest BCUT2D eigenvalue weighted by atomic mass is 9.95. The lowest BCUT2D eigenvalue weighted by Gasteiger charge is -2.15. The SMILES string of the molecule is N[C@@H]1CN(Cc2cn3cc(Cl)cc(Cl)c3n2)C[C@H]1c1ccccc1. The molecule has 0 bridgehead atoms. The topological polar surface area (TPSA) is 46.6 Å². The van der Waals surface area contributed by atoms with E-state index in [2.05, 4.69) is 34.1 Å². The van der Waals surface area contributed by atoms with Gasteiger partial charge >= 0.3 is 0 Å². The van der Waals surface area contributed by atoms with Crippen LogP contribution >= 0.6 is 23.2 Å². The summed E-state index contributed by atoms with van der Waals surface area (Å²) in [5.74, 6) is 0.362. The van der Waals surface area contributed by atoms with E-state index in [-0.39, 0.29) is 6.04 Å². The van der Waals surface area contributed by atoms with E-state index >= 15 is 0 Å². The second kappa shape index (κ2) is 6.37. The fourth-order valence-corrected chi connectivity index (χ4v) is 4.00. The highest BCUT2D eigenvalue weighted by Crippen LogP contribution is 2.28. The van der Waals surface area contributed by atoms with Crippen molar-refractivity contribution < 1.29 is 0 Å². The van der Waals surface area contributed by atoms with E-state index < -0.39 is 0 Å². The first-order valence-electron chi connectivity index (χ1n) is 7.95. The predicted molar refractivity (Wildman–Crippen MR) is 97.6 cm³/mol. The Hall–Kier alpha value is -1.59. The average Bonchev–Trinajstić information content (AvgIpc) is 3.11. The predicted octanol–water partition coefficient (Wildman–Crippen LogP) is 3.57. The Balaban J connectivity index is 1.53. The summed E-state index contributed by atoms with van der Waals surface area (Å²) in [6.07, 6.45) is 3.80. The lowest BCUT2D eigenvalue weighted by molar-refractivity contribution is 0.320. The fourth-order valence-electron chi connectivity index (χ4n) is 3.48. The summed E-state index contributed by atoms with van der Waals surface area (Å²) < 4.78 is 1.88. The van der Waals surface area contributed by atoms with Gasteiger partial charge in [-0.2, -0.15) is 0 Å². The Kier molecular flexibility index (Phi) is 4.22. The lowest BCUT2D eigenvalue weighted by Crippen LogP contribution is -2.28. The quantitative estimate of drug-likeness (QED) is 0.776. The molecule has 1 fully saturated rings. The van der Waals surface area contributed by atoms with Gasteiger partial charge in [-0.15, -0.1) is 0 Å². The van der Waals surface area contributed by atoms with Gasteiger partial charge in [-0.25, -0.2) is 4.98 Å². The molecule has 0 unspecified atom stereocenters. The van der Waals surface area contributed by atoms with Crippen LogP contribution in [-0.4, -0.2) is 33.4 Å². The molecule has 2 aromatic heterocycles. The van der Waals surface area contributed by atoms with Crippen molar-refractivity contribution in [2.75, 3.05) is 13.1 Å². The number of fused-ring (bicyclic) bond motifs is 1. The van der Waals surface area contributed by atoms with Gasteiger partial charge in [0.05, 0.1) is 15.7 Å². The number of aromatic nitrogens is 2. The van der Waals surface area contributed by atoms with Crippen molar-refractivity contribution >= 4 is 28.8 Å². The van der Waals surface area contributed by atoms with Crippen molar-refractivity contribution in [3.8, 4) is 0 Å². The van der Waals surface area contributed by atoms with Gasteiger partial charge in [-0.05, 0) is 11.6 Å². The maximum absolute atomic E-state index is 6.37. The average molecular weight is 361 g/mol. The maximum atomic E-state index is 6.37. The Morgan fingerprint density at radius 3 is 2.71 bits per heavy atom. The van der Waals surface area contributed by atoms with Crippen molar-refractivity contribution in [1.82, 2.24) is 14.3 Å². The van der Waals surface area contributed by atoms with E-state index in [9.17, 15) is 0 Å². The number of rotatable bonds is 3. The summed E-state index contributed by atoms with van der Waals surface area (Å²) in [7, 11) is 0. The van der Waals surface area contributed by atoms with Crippen LogP contribution in [0, 0.1) is 0 Å². The van der Waals surface area contributed by atoms with Crippen molar-refractivity contribution in [2.24, 2.45) is 5.73 Å². The maximum Gasteiger partial charge on any atom is 0.156 e. The van der Waals surface area contributed by atoms with Crippen molar-refractivity contribution in [3.63, 3.8) is 0 Å². The van der Waals surface area contributed by atoms with Gasteiger partial charge in [-0.1, -0.05) is 53.5 Å². The molecule has 0 amide bonds. The zero-order valence-corrected chi connectivity index (χ0v) is 14.6. The molecular weight excluding hydrogens is 343 g/mol. The minimum absolute atomic E-state index is 0.141. The number of likely N-dealkylation sites (tertiary alicyclic amines) is 1. The van der Waals surface area contributed by atoms with Crippen LogP contribution < -0.4 is 5.73 Å². The van der Waals surface area contributed by atoms with Gasteiger partial charge < -0.3 is 10.1 Å². The molecule has 0 aliphatic carbocycles. The molecule has 4 rings (SSSR count). The highest BCUT2D eigenvalue weighted by Gasteiger charge is 2.31. The summed E-state index contributed by atoms with van der Waals surface area (Å²) in [5.41, 5.74) is 9.38. The molecular formula is C18H18Cl2N4. The van der Waals surface area contributed by atoms with Crippen LogP contribution in [0.3, 0.4) is 0 Å². The molecule has 3 heterocycles. The molecule has 2 atom stereocenters. The smallest absolute Gasteiger partial charge is 0.156 e. The highest BCUT2D eigenvalue weighted by atomic mass is 35.5. The third-order valence-electron chi connectivity index (χ3n) is 4.58. The minimum atomic E-state index is 0.141. The van der Waals surface area contributed by atoms with Crippen LogP contribution in [0.1, 0.15) is 17.2 Å². The molecule has 2 N–H and O–H groups in total. The van der Waals surface area contributed by atoms with Crippen LogP contribution in [0.25, 0.3) is 5.65 Å². The first kappa shape index (κ1) is 15.9. The van der Waals surface area contributed by atoms with Gasteiger partial charge in [-0.3, -0.25) is 4.90 Å². The Morgan fingerprint density at radius 1 is 1.12 bits per heavy atom. The number of nitrogens with zero attached hydrogens (tertiary/aromatic N) is 3. The van der Waals surface area contributed by atoms with E-state index in [1.807, 2.05) is 22.9 Å². The van der Waals surface area contributed by atoms with Gasteiger partial charge in [0, 0.05) is 44.0 Å². The van der Waals surface area contributed by atoms with Crippen LogP contribution in [0.4, 0.5) is 0 Å². The second-order valence-electron chi connectivity index (χ2n) is 6.34. The number of halogens is 2. The van der Waals surface area contributed by atoms with Crippen molar-refractivity contribution in [3.05, 3.63) is 70.1 Å². The van der Waals surface area contributed by atoms with Crippen LogP contribution in [0.2, 0.25) is 10.0 Å². The van der Waals surface area contributed by atoms with Crippen LogP contribution in [-0.2, 0) is 6.54 Å². The zero-order chi connectivity index (χ0) is 16.7. The Morgan fingerprint density at radius 2 is 1.92 bits per heavy atom. The largest absolute Gasteiger partial charge is 0.326 e. The second-order valence-corrected chi connectivity index (χ2v) is 7.19. The third kappa shape index (κ3) is 3.03. The normalized spacial score (nSPS) is 21.6. The third-order valence-corrected chi connectivity index (χ3v) is 5.06. The van der Waals surface area contributed by atoms with Crippen LogP contribution in [0.5, 0.6) is 0 Å². The summed E-state index contributed by atoms with van der Waals surface area (Å²) in [6.45, 7) is 2.56. The number of imidazole rings is 1. The first-order valence-corrected chi connectivity index (χ1v) is 8.71. The molecule has 3 aromatic rings. The summed E-state index contributed by atoms with van der Waals surface area (Å²) >= 11 is 12.3. The van der Waals surface area contributed by atoms with Crippen molar-refractivity contribution in [2.45, 2.75) is 18.5 Å². The zero-order valence-electron chi connectivity index (χ0n) is 13.1. The van der Waals surface area contributed by atoms with E-state index in [0.29, 0.717) is 16.0 Å². The Labute approximate surface area is 150 Å². The van der Waals surface area contributed by atoms with Gasteiger partial charge in [0.15, 0.2) is 5.65 Å². The van der Waals surface area contributed by atoms with E-state index in [1.165, 1.54) is 5.56 Å². The number of nitrogens with two attached hydrogens (primary N) is 1. The Bertz CT molecular complexity index is 862. The summed E-state index contributed by atoms with van der Waals surface area (Å²) in [5, 5.41) is 1.16. The standard InChI is InChI=1S/C18H18Cl2N4/c19-13-6-16(20)18-22-14(9-24(18)7-13)8-23-10-15(17(21)11-23)12-4-2-1-3-5-12/h1-7,9,15,17H,8,10-11,21H2/t15-,17+/m0/s1. The fraction of sp³-hybridized carbons (Fsp3) is 0.278. The van der Waals surface area contributed by atoms with E-state index in [1.54, 1.807) is 6.07 Å². The van der Waals surface area contributed by atoms with Gasteiger partial charge in [0.1, 0.15) is 0 Å². The highest BCUT2D eigenvalue weighted by molar-refractivity contribution is 6.36. The molecule has 4 nitrogen and oxygen atoms in total.